The summed E-state index contributed by atoms with van der Waals surface area (Å²) in [4.78, 5) is 44.1. The van der Waals surface area contributed by atoms with E-state index in [4.69, 9.17) is 21.1 Å². The molecule has 3 aromatic rings. The Hall–Kier alpha value is -4.39. The highest BCUT2D eigenvalue weighted by Gasteiger charge is 2.24. The van der Waals surface area contributed by atoms with Gasteiger partial charge in [0.05, 0.1) is 36.5 Å². The standard InChI is InChI=1S/C32H37ClN6O6/c1-44-30-6-3-2-5-28(30)38-15-13-37(14-16-38)27-10-8-24(35-31(40)23-7-9-26(33)29(21-23)39(42)43)22-25(27)32(41)34-11-4-12-36-17-19-45-20-18-36/h2-3,5-10,21-22H,4,11-20H2,1H3,(H,34,41)(H,35,40). The molecule has 0 spiro atoms. The Balaban J connectivity index is 1.31. The van der Waals surface area contributed by atoms with Gasteiger partial charge in [-0.15, -0.1) is 0 Å². The Labute approximate surface area is 267 Å². The van der Waals surface area contributed by atoms with Crippen LogP contribution < -0.4 is 25.2 Å². The van der Waals surface area contributed by atoms with E-state index in [1.54, 1.807) is 19.2 Å². The van der Waals surface area contributed by atoms with E-state index >= 15 is 0 Å². The van der Waals surface area contributed by atoms with E-state index in [0.717, 1.165) is 75.5 Å². The number of ether oxygens (including phenoxy) is 2. The summed E-state index contributed by atoms with van der Waals surface area (Å²) in [6, 6.07) is 17.0. The number of anilines is 3. The summed E-state index contributed by atoms with van der Waals surface area (Å²) < 4.78 is 11.0. The lowest BCUT2D eigenvalue weighted by atomic mass is 10.1. The van der Waals surface area contributed by atoms with Crippen LogP contribution in [0.5, 0.6) is 5.75 Å². The molecule has 0 unspecified atom stereocenters. The summed E-state index contributed by atoms with van der Waals surface area (Å²) in [7, 11) is 1.66. The van der Waals surface area contributed by atoms with Crippen molar-refractivity contribution in [3.8, 4) is 5.75 Å². The molecule has 2 aliphatic rings. The number of benzene rings is 3. The number of carbonyl (C=O) groups is 2. The number of amides is 2. The van der Waals surface area contributed by atoms with Crippen LogP contribution in [0.1, 0.15) is 27.1 Å². The summed E-state index contributed by atoms with van der Waals surface area (Å²) in [5, 5.41) is 17.1. The molecular formula is C32H37ClN6O6. The number of piperazine rings is 1. The number of nitrogens with one attached hydrogen (secondary N) is 2. The number of hydrogen-bond acceptors (Lipinski definition) is 9. The smallest absolute Gasteiger partial charge is 0.288 e. The van der Waals surface area contributed by atoms with Gasteiger partial charge in [-0.1, -0.05) is 23.7 Å². The zero-order valence-corrected chi connectivity index (χ0v) is 25.9. The van der Waals surface area contributed by atoms with Gasteiger partial charge in [0, 0.05) is 68.8 Å². The van der Waals surface area contributed by atoms with Gasteiger partial charge in [-0.25, -0.2) is 0 Å². The molecule has 45 heavy (non-hydrogen) atoms. The van der Waals surface area contributed by atoms with Gasteiger partial charge in [-0.05, 0) is 55.4 Å². The third-order valence-corrected chi connectivity index (χ3v) is 8.31. The first-order chi connectivity index (χ1) is 21.8. The fourth-order valence-corrected chi connectivity index (χ4v) is 5.76. The van der Waals surface area contributed by atoms with E-state index in [-0.39, 0.29) is 22.2 Å². The molecule has 2 heterocycles. The Kier molecular flexibility index (Phi) is 10.7. The van der Waals surface area contributed by atoms with Crippen LogP contribution in [0.2, 0.25) is 5.02 Å². The summed E-state index contributed by atoms with van der Waals surface area (Å²) in [6.07, 6.45) is 0.796. The van der Waals surface area contributed by atoms with Crippen molar-refractivity contribution >= 4 is 46.2 Å². The highest BCUT2D eigenvalue weighted by molar-refractivity contribution is 6.32. The number of morpholine rings is 1. The molecule has 2 N–H and O–H groups in total. The number of nitrogens with zero attached hydrogens (tertiary/aromatic N) is 4. The van der Waals surface area contributed by atoms with Crippen molar-refractivity contribution in [1.82, 2.24) is 10.2 Å². The molecule has 0 radical (unpaired) electrons. The van der Waals surface area contributed by atoms with Crippen molar-refractivity contribution in [1.29, 1.82) is 0 Å². The Morgan fingerprint density at radius 2 is 1.64 bits per heavy atom. The van der Waals surface area contributed by atoms with Crippen molar-refractivity contribution in [3.05, 3.63) is 86.9 Å². The Bertz CT molecular complexity index is 1520. The van der Waals surface area contributed by atoms with Gasteiger partial charge in [0.15, 0.2) is 0 Å². The number of hydrogen-bond donors (Lipinski definition) is 2. The summed E-state index contributed by atoms with van der Waals surface area (Å²) in [6.45, 7) is 7.40. The molecule has 2 aliphatic heterocycles. The van der Waals surface area contributed by atoms with Crippen molar-refractivity contribution in [2.45, 2.75) is 6.42 Å². The lowest BCUT2D eigenvalue weighted by molar-refractivity contribution is -0.384. The molecule has 0 saturated carbocycles. The van der Waals surface area contributed by atoms with Gasteiger partial charge in [-0.3, -0.25) is 24.6 Å². The van der Waals surface area contributed by atoms with Crippen LogP contribution in [-0.2, 0) is 4.74 Å². The molecule has 12 nitrogen and oxygen atoms in total. The molecule has 2 saturated heterocycles. The molecule has 2 fully saturated rings. The number of halogens is 1. The summed E-state index contributed by atoms with van der Waals surface area (Å²) in [5.41, 5.74) is 2.35. The molecule has 2 amide bonds. The van der Waals surface area contributed by atoms with Crippen LogP contribution in [0.25, 0.3) is 0 Å². The van der Waals surface area contributed by atoms with Gasteiger partial charge in [0.25, 0.3) is 17.5 Å². The zero-order chi connectivity index (χ0) is 31.8. The summed E-state index contributed by atoms with van der Waals surface area (Å²) >= 11 is 5.92. The lowest BCUT2D eigenvalue weighted by Gasteiger charge is -2.38. The second kappa shape index (κ2) is 15.1. The second-order valence-electron chi connectivity index (χ2n) is 10.8. The number of para-hydroxylation sites is 2. The van der Waals surface area contributed by atoms with E-state index < -0.39 is 10.8 Å². The maximum Gasteiger partial charge on any atom is 0.288 e. The first-order valence-corrected chi connectivity index (χ1v) is 15.3. The fourth-order valence-electron chi connectivity index (χ4n) is 5.57. The van der Waals surface area contributed by atoms with Crippen LogP contribution in [0.15, 0.2) is 60.7 Å². The predicted molar refractivity (Wildman–Crippen MR) is 174 cm³/mol. The molecule has 0 aliphatic carbocycles. The molecule has 13 heteroatoms. The van der Waals surface area contributed by atoms with Gasteiger partial charge in [0.1, 0.15) is 10.8 Å². The molecule has 0 aromatic heterocycles. The highest BCUT2D eigenvalue weighted by Crippen LogP contribution is 2.31. The quantitative estimate of drug-likeness (QED) is 0.180. The number of nitro groups is 1. The average Bonchev–Trinajstić information content (AvgIpc) is 3.07. The van der Waals surface area contributed by atoms with E-state index in [0.29, 0.717) is 30.9 Å². The minimum Gasteiger partial charge on any atom is -0.495 e. The van der Waals surface area contributed by atoms with Crippen LogP contribution in [-0.4, -0.2) is 94.3 Å². The number of nitro benzene ring substituents is 1. The van der Waals surface area contributed by atoms with Crippen molar-refractivity contribution in [2.24, 2.45) is 0 Å². The van der Waals surface area contributed by atoms with Crippen molar-refractivity contribution < 1.29 is 24.0 Å². The molecular weight excluding hydrogens is 600 g/mol. The Morgan fingerprint density at radius 1 is 0.933 bits per heavy atom. The van der Waals surface area contributed by atoms with Crippen LogP contribution in [0, 0.1) is 10.1 Å². The van der Waals surface area contributed by atoms with Crippen LogP contribution in [0.4, 0.5) is 22.7 Å². The average molecular weight is 637 g/mol. The van der Waals surface area contributed by atoms with Gasteiger partial charge >= 0.3 is 0 Å². The predicted octanol–water partition coefficient (Wildman–Crippen LogP) is 4.29. The van der Waals surface area contributed by atoms with E-state index in [1.807, 2.05) is 30.3 Å². The largest absolute Gasteiger partial charge is 0.495 e. The third kappa shape index (κ3) is 8.01. The van der Waals surface area contributed by atoms with Gasteiger partial charge in [-0.2, -0.15) is 0 Å². The molecule has 238 valence electrons. The minimum absolute atomic E-state index is 0.0562. The normalized spacial score (nSPS) is 15.4. The van der Waals surface area contributed by atoms with E-state index in [2.05, 4.69) is 25.3 Å². The van der Waals surface area contributed by atoms with Crippen LogP contribution >= 0.6 is 11.6 Å². The fraction of sp³-hybridized carbons (Fsp3) is 0.375. The number of methoxy groups -OCH3 is 1. The van der Waals surface area contributed by atoms with Gasteiger partial charge in [0.2, 0.25) is 0 Å². The topological polar surface area (TPSA) is 130 Å². The number of rotatable bonds is 11. The molecule has 0 atom stereocenters. The van der Waals surface area contributed by atoms with Crippen molar-refractivity contribution in [3.63, 3.8) is 0 Å². The first-order valence-electron chi connectivity index (χ1n) is 14.9. The molecule has 0 bridgehead atoms. The van der Waals surface area contributed by atoms with Crippen molar-refractivity contribution in [2.75, 3.05) is 87.8 Å². The maximum absolute atomic E-state index is 13.6. The zero-order valence-electron chi connectivity index (χ0n) is 25.2. The molecule has 3 aromatic carbocycles. The lowest BCUT2D eigenvalue weighted by Crippen LogP contribution is -2.47. The van der Waals surface area contributed by atoms with E-state index in [9.17, 15) is 19.7 Å². The van der Waals surface area contributed by atoms with E-state index in [1.165, 1.54) is 12.1 Å². The summed E-state index contributed by atoms with van der Waals surface area (Å²) in [5.74, 6) is 0.0244. The first kappa shape index (κ1) is 32.0. The molecule has 5 rings (SSSR count). The second-order valence-corrected chi connectivity index (χ2v) is 11.2. The highest BCUT2D eigenvalue weighted by atomic mass is 35.5. The van der Waals surface area contributed by atoms with Crippen LogP contribution in [0.3, 0.4) is 0 Å². The Morgan fingerprint density at radius 3 is 2.36 bits per heavy atom. The minimum atomic E-state index is -0.636. The van der Waals surface area contributed by atoms with Gasteiger partial charge < -0.3 is 29.9 Å². The number of carbonyl (C=O) groups excluding carboxylic acids is 2. The maximum atomic E-state index is 13.6. The monoisotopic (exact) mass is 636 g/mol. The third-order valence-electron chi connectivity index (χ3n) is 7.99. The SMILES string of the molecule is COc1ccccc1N1CCN(c2ccc(NC(=O)c3ccc(Cl)c([N+](=O)[O-])c3)cc2C(=O)NCCCN2CCOCC2)CC1.